The van der Waals surface area contributed by atoms with Crippen molar-refractivity contribution in [1.82, 2.24) is 10.1 Å². The number of hydrogen-bond donors (Lipinski definition) is 2. The quantitative estimate of drug-likeness (QED) is 0.545. The molecular formula is C18H22N4O3S2. The molecule has 1 aliphatic heterocycles. The van der Waals surface area contributed by atoms with Crippen molar-refractivity contribution in [2.24, 2.45) is 5.10 Å². The van der Waals surface area contributed by atoms with Crippen LogP contribution in [0.25, 0.3) is 0 Å². The first kappa shape index (κ1) is 19.5. The first-order valence-corrected chi connectivity index (χ1v) is 11.1. The van der Waals surface area contributed by atoms with Gasteiger partial charge in [0, 0.05) is 18.0 Å². The van der Waals surface area contributed by atoms with Crippen molar-refractivity contribution in [3.05, 3.63) is 47.3 Å². The van der Waals surface area contributed by atoms with Crippen LogP contribution in [0.4, 0.5) is 5.00 Å². The number of rotatable bonds is 7. The van der Waals surface area contributed by atoms with E-state index in [1.807, 2.05) is 6.07 Å². The zero-order valence-electron chi connectivity index (χ0n) is 14.8. The lowest BCUT2D eigenvalue weighted by Gasteiger charge is -2.27. The fourth-order valence-electron chi connectivity index (χ4n) is 2.75. The topological polar surface area (TPSA) is 90.9 Å². The summed E-state index contributed by atoms with van der Waals surface area (Å²) in [5.74, 6) is -0.529. The first-order chi connectivity index (χ1) is 13.0. The number of hydrazone groups is 1. The van der Waals surface area contributed by atoms with Gasteiger partial charge in [0.05, 0.1) is 22.7 Å². The summed E-state index contributed by atoms with van der Waals surface area (Å²) >= 11 is 1.62. The summed E-state index contributed by atoms with van der Waals surface area (Å²) in [7, 11) is -3.71. The Morgan fingerprint density at radius 3 is 2.59 bits per heavy atom. The average Bonchev–Trinajstić information content (AvgIpc) is 3.17. The normalized spacial score (nSPS) is 15.2. The minimum atomic E-state index is -3.71. The van der Waals surface area contributed by atoms with E-state index in [1.165, 1.54) is 36.4 Å². The van der Waals surface area contributed by atoms with E-state index in [0.717, 1.165) is 18.0 Å². The van der Waals surface area contributed by atoms with Crippen LogP contribution in [0, 0.1) is 0 Å². The first-order valence-electron chi connectivity index (χ1n) is 8.76. The van der Waals surface area contributed by atoms with E-state index in [2.05, 4.69) is 26.2 Å². The van der Waals surface area contributed by atoms with Crippen LogP contribution in [0.5, 0.6) is 0 Å². The average molecular weight is 407 g/mol. The van der Waals surface area contributed by atoms with E-state index in [1.54, 1.807) is 35.8 Å². The molecule has 2 aromatic rings. The van der Waals surface area contributed by atoms with Crippen molar-refractivity contribution in [2.75, 3.05) is 24.5 Å². The van der Waals surface area contributed by atoms with Crippen molar-refractivity contribution in [3.8, 4) is 0 Å². The molecule has 1 saturated heterocycles. The molecule has 0 saturated carbocycles. The Morgan fingerprint density at radius 1 is 1.11 bits per heavy atom. The van der Waals surface area contributed by atoms with E-state index in [0.29, 0.717) is 0 Å². The van der Waals surface area contributed by atoms with E-state index in [4.69, 9.17) is 0 Å². The number of hydrogen-bond acceptors (Lipinski definition) is 6. The van der Waals surface area contributed by atoms with Crippen molar-refractivity contribution < 1.29 is 13.2 Å². The number of nitrogens with one attached hydrogen (secondary N) is 2. The lowest BCUT2D eigenvalue weighted by Crippen LogP contribution is -2.34. The highest BCUT2D eigenvalue weighted by Gasteiger charge is 2.15. The minimum absolute atomic E-state index is 0.116. The third-order valence-electron chi connectivity index (χ3n) is 4.14. The summed E-state index contributed by atoms with van der Waals surface area (Å²) in [5, 5.41) is 5.11. The smallest absolute Gasteiger partial charge is 0.255 e. The second-order valence-corrected chi connectivity index (χ2v) is 9.02. The lowest BCUT2D eigenvalue weighted by atomic mass is 10.1. The number of amides is 1. The molecule has 3 rings (SSSR count). The van der Waals surface area contributed by atoms with Gasteiger partial charge in [0.2, 0.25) is 10.0 Å². The SMILES string of the molecule is O=C(CNS(=O)(=O)c1ccccc1)N/N=C\c1ccc(N2CCCCC2)s1. The molecule has 0 radical (unpaired) electrons. The van der Waals surface area contributed by atoms with Crippen molar-refractivity contribution >= 4 is 38.5 Å². The van der Waals surface area contributed by atoms with Crippen molar-refractivity contribution in [3.63, 3.8) is 0 Å². The number of carbonyl (C=O) groups is 1. The molecule has 2 heterocycles. The number of anilines is 1. The molecule has 144 valence electrons. The zero-order valence-corrected chi connectivity index (χ0v) is 16.4. The number of thiophene rings is 1. The molecule has 9 heteroatoms. The van der Waals surface area contributed by atoms with E-state index in [-0.39, 0.29) is 11.4 Å². The third kappa shape index (κ3) is 5.62. The van der Waals surface area contributed by atoms with Crippen LogP contribution in [0.2, 0.25) is 0 Å². The van der Waals surface area contributed by atoms with Crippen LogP contribution in [-0.2, 0) is 14.8 Å². The Balaban J connectivity index is 1.47. The molecule has 0 aliphatic carbocycles. The van der Waals surface area contributed by atoms with Crippen LogP contribution in [-0.4, -0.2) is 40.2 Å². The zero-order chi connectivity index (χ0) is 19.1. The van der Waals surface area contributed by atoms with Gasteiger partial charge < -0.3 is 4.90 Å². The fourth-order valence-corrected chi connectivity index (χ4v) is 4.68. The van der Waals surface area contributed by atoms with Crippen LogP contribution in [0.15, 0.2) is 52.5 Å². The van der Waals surface area contributed by atoms with E-state index < -0.39 is 15.9 Å². The maximum absolute atomic E-state index is 12.1. The molecule has 1 aliphatic rings. The summed E-state index contributed by atoms with van der Waals surface area (Å²) in [5.41, 5.74) is 2.34. The van der Waals surface area contributed by atoms with Crippen LogP contribution >= 0.6 is 11.3 Å². The van der Waals surface area contributed by atoms with Gasteiger partial charge in [-0.05, 0) is 43.5 Å². The standard InChI is InChI=1S/C18H22N4O3S2/c23-17(14-20-27(24,25)16-7-3-1-4-8-16)21-19-13-15-9-10-18(26-15)22-11-5-2-6-12-22/h1,3-4,7-10,13,20H,2,5-6,11-12,14H2,(H,21,23)/b19-13-. The number of benzene rings is 1. The number of sulfonamides is 1. The van der Waals surface area contributed by atoms with Gasteiger partial charge in [-0.3, -0.25) is 4.79 Å². The van der Waals surface area contributed by atoms with Gasteiger partial charge in [0.25, 0.3) is 5.91 Å². The van der Waals surface area contributed by atoms with Gasteiger partial charge in [-0.1, -0.05) is 18.2 Å². The molecule has 2 N–H and O–H groups in total. The summed E-state index contributed by atoms with van der Waals surface area (Å²) in [6.07, 6.45) is 5.30. The molecule has 0 spiro atoms. The molecule has 1 aromatic carbocycles. The van der Waals surface area contributed by atoms with Gasteiger partial charge in [0.1, 0.15) is 0 Å². The predicted molar refractivity (Wildman–Crippen MR) is 108 cm³/mol. The fraction of sp³-hybridized carbons (Fsp3) is 0.333. The van der Waals surface area contributed by atoms with Crippen LogP contribution in [0.3, 0.4) is 0 Å². The van der Waals surface area contributed by atoms with Crippen molar-refractivity contribution in [2.45, 2.75) is 24.2 Å². The number of piperidine rings is 1. The molecular weight excluding hydrogens is 384 g/mol. The minimum Gasteiger partial charge on any atom is -0.363 e. The van der Waals surface area contributed by atoms with Gasteiger partial charge >= 0.3 is 0 Å². The predicted octanol–water partition coefficient (Wildman–Crippen LogP) is 2.17. The van der Waals surface area contributed by atoms with E-state index in [9.17, 15) is 13.2 Å². The van der Waals surface area contributed by atoms with Gasteiger partial charge in [-0.2, -0.15) is 5.10 Å². The molecule has 1 fully saturated rings. The Hall–Kier alpha value is -2.23. The molecule has 7 nitrogen and oxygen atoms in total. The van der Waals surface area contributed by atoms with Crippen molar-refractivity contribution in [1.29, 1.82) is 0 Å². The van der Waals surface area contributed by atoms with Gasteiger partial charge in [-0.15, -0.1) is 11.3 Å². The summed E-state index contributed by atoms with van der Waals surface area (Å²) in [4.78, 5) is 15.2. The second kappa shape index (κ2) is 9.12. The van der Waals surface area contributed by atoms with Gasteiger partial charge in [0.15, 0.2) is 0 Å². The van der Waals surface area contributed by atoms with Crippen LogP contribution < -0.4 is 15.0 Å². The maximum atomic E-state index is 12.1. The van der Waals surface area contributed by atoms with E-state index >= 15 is 0 Å². The Morgan fingerprint density at radius 2 is 1.85 bits per heavy atom. The second-order valence-electron chi connectivity index (χ2n) is 6.15. The monoisotopic (exact) mass is 406 g/mol. The Kier molecular flexibility index (Phi) is 6.59. The largest absolute Gasteiger partial charge is 0.363 e. The molecule has 0 bridgehead atoms. The summed E-state index contributed by atoms with van der Waals surface area (Å²) in [6, 6.07) is 11.9. The maximum Gasteiger partial charge on any atom is 0.255 e. The molecule has 0 unspecified atom stereocenters. The molecule has 1 aromatic heterocycles. The number of nitrogens with zero attached hydrogens (tertiary/aromatic N) is 2. The molecule has 0 atom stereocenters. The summed E-state index contributed by atoms with van der Waals surface area (Å²) in [6.45, 7) is 1.78. The summed E-state index contributed by atoms with van der Waals surface area (Å²) < 4.78 is 26.4. The Bertz CT molecular complexity index is 888. The highest BCUT2D eigenvalue weighted by molar-refractivity contribution is 7.89. The number of carbonyl (C=O) groups excluding carboxylic acids is 1. The highest BCUT2D eigenvalue weighted by Crippen LogP contribution is 2.27. The van der Waals surface area contributed by atoms with Crippen LogP contribution in [0.1, 0.15) is 24.1 Å². The molecule has 1 amide bonds. The molecule has 27 heavy (non-hydrogen) atoms. The third-order valence-corrected chi connectivity index (χ3v) is 6.64. The highest BCUT2D eigenvalue weighted by atomic mass is 32.2. The lowest BCUT2D eigenvalue weighted by molar-refractivity contribution is -0.119. The Labute approximate surface area is 163 Å². The van der Waals surface area contributed by atoms with Gasteiger partial charge in [-0.25, -0.2) is 18.6 Å².